The Hall–Kier alpha value is -2.02. The van der Waals surface area contributed by atoms with Crippen LogP contribution in [0.4, 0.5) is 5.69 Å². The van der Waals surface area contributed by atoms with Crippen LogP contribution in [0, 0.1) is 6.92 Å². The number of hydrogen-bond acceptors (Lipinski definition) is 4. The summed E-state index contributed by atoms with van der Waals surface area (Å²) in [5.74, 6) is 0.575. The van der Waals surface area contributed by atoms with Crippen LogP contribution in [-0.4, -0.2) is 25.9 Å². The molecule has 1 aromatic heterocycles. The van der Waals surface area contributed by atoms with Crippen molar-refractivity contribution in [3.05, 3.63) is 58.1 Å². The highest BCUT2D eigenvalue weighted by Gasteiger charge is 2.20. The van der Waals surface area contributed by atoms with E-state index < -0.39 is 5.25 Å². The maximum absolute atomic E-state index is 12.5. The molecule has 0 saturated heterocycles. The average molecular weight is 421 g/mol. The minimum Gasteiger partial charge on any atom is -0.324 e. The summed E-state index contributed by atoms with van der Waals surface area (Å²) in [5.41, 5.74) is 2.62. The Morgan fingerprint density at radius 2 is 1.93 bits per heavy atom. The predicted octanol–water partition coefficient (Wildman–Crippen LogP) is 5.22. The van der Waals surface area contributed by atoms with Crippen molar-refractivity contribution < 1.29 is 4.79 Å². The van der Waals surface area contributed by atoms with Crippen LogP contribution in [0.1, 0.15) is 12.5 Å². The highest BCUT2D eigenvalue weighted by molar-refractivity contribution is 8.00. The first-order chi connectivity index (χ1) is 12.9. The van der Waals surface area contributed by atoms with E-state index in [1.807, 2.05) is 42.8 Å². The van der Waals surface area contributed by atoms with E-state index in [1.165, 1.54) is 11.8 Å². The highest BCUT2D eigenvalue weighted by Crippen LogP contribution is 2.29. The van der Waals surface area contributed by atoms with Gasteiger partial charge in [-0.15, -0.1) is 10.2 Å². The number of nitrogens with zero attached hydrogens (tertiary/aromatic N) is 3. The van der Waals surface area contributed by atoms with Gasteiger partial charge in [-0.05, 0) is 37.6 Å². The number of rotatable bonds is 5. The molecule has 1 N–H and O–H groups in total. The molecule has 0 unspecified atom stereocenters. The number of aromatic nitrogens is 3. The lowest BCUT2D eigenvalue weighted by atomic mass is 10.1. The lowest BCUT2D eigenvalue weighted by Crippen LogP contribution is -2.23. The van der Waals surface area contributed by atoms with E-state index in [2.05, 4.69) is 15.5 Å². The summed E-state index contributed by atoms with van der Waals surface area (Å²) in [4.78, 5) is 12.5. The molecule has 1 atom stereocenters. The lowest BCUT2D eigenvalue weighted by molar-refractivity contribution is -0.115. The summed E-state index contributed by atoms with van der Waals surface area (Å²) >= 11 is 13.4. The summed E-state index contributed by atoms with van der Waals surface area (Å²) in [6, 6.07) is 12.9. The molecule has 0 radical (unpaired) electrons. The van der Waals surface area contributed by atoms with E-state index in [9.17, 15) is 4.79 Å². The molecule has 0 spiro atoms. The lowest BCUT2D eigenvalue weighted by Gasteiger charge is -2.13. The van der Waals surface area contributed by atoms with E-state index in [0.29, 0.717) is 20.9 Å². The third-order valence-electron chi connectivity index (χ3n) is 4.06. The predicted molar refractivity (Wildman–Crippen MR) is 112 cm³/mol. The van der Waals surface area contributed by atoms with E-state index >= 15 is 0 Å². The topological polar surface area (TPSA) is 59.8 Å². The summed E-state index contributed by atoms with van der Waals surface area (Å²) < 4.78 is 1.89. The molecular weight excluding hydrogens is 403 g/mol. The smallest absolute Gasteiger partial charge is 0.237 e. The van der Waals surface area contributed by atoms with Crippen molar-refractivity contribution in [1.29, 1.82) is 0 Å². The van der Waals surface area contributed by atoms with Crippen molar-refractivity contribution in [3.63, 3.8) is 0 Å². The van der Waals surface area contributed by atoms with Gasteiger partial charge in [0.25, 0.3) is 0 Å². The first-order valence-corrected chi connectivity index (χ1v) is 9.88. The highest BCUT2D eigenvalue weighted by atomic mass is 35.5. The van der Waals surface area contributed by atoms with Crippen LogP contribution in [0.15, 0.2) is 47.6 Å². The Labute approximate surface area is 172 Å². The van der Waals surface area contributed by atoms with Gasteiger partial charge in [0.2, 0.25) is 5.91 Å². The van der Waals surface area contributed by atoms with Gasteiger partial charge in [-0.1, -0.05) is 59.2 Å². The van der Waals surface area contributed by atoms with Crippen LogP contribution >= 0.6 is 35.0 Å². The Balaban J connectivity index is 1.75. The second-order valence-electron chi connectivity index (χ2n) is 6.05. The molecule has 0 aliphatic heterocycles. The minimum absolute atomic E-state index is 0.190. The van der Waals surface area contributed by atoms with Gasteiger partial charge in [0.05, 0.1) is 16.0 Å². The monoisotopic (exact) mass is 420 g/mol. The van der Waals surface area contributed by atoms with E-state index in [4.69, 9.17) is 23.2 Å². The number of carbonyl (C=O) groups excluding carboxylic acids is 1. The van der Waals surface area contributed by atoms with Gasteiger partial charge in [0.1, 0.15) is 0 Å². The molecule has 3 rings (SSSR count). The number of hydrogen-bond donors (Lipinski definition) is 1. The first kappa shape index (κ1) is 19.7. The van der Waals surface area contributed by atoms with Crippen molar-refractivity contribution in [3.8, 4) is 11.4 Å². The van der Waals surface area contributed by atoms with Crippen molar-refractivity contribution in [2.24, 2.45) is 7.05 Å². The Bertz CT molecular complexity index is 990. The third kappa shape index (κ3) is 4.46. The van der Waals surface area contributed by atoms with Crippen LogP contribution in [-0.2, 0) is 11.8 Å². The summed E-state index contributed by atoms with van der Waals surface area (Å²) in [7, 11) is 1.89. The number of aryl methyl sites for hydroxylation is 1. The largest absolute Gasteiger partial charge is 0.324 e. The normalized spacial score (nSPS) is 12.0. The molecule has 1 heterocycles. The zero-order valence-corrected chi connectivity index (χ0v) is 17.4. The van der Waals surface area contributed by atoms with Gasteiger partial charge in [-0.2, -0.15) is 0 Å². The van der Waals surface area contributed by atoms with Gasteiger partial charge in [0, 0.05) is 17.6 Å². The second-order valence-corrected chi connectivity index (χ2v) is 8.21. The number of halogens is 2. The van der Waals surface area contributed by atoms with Crippen molar-refractivity contribution in [1.82, 2.24) is 14.8 Å². The molecule has 8 heteroatoms. The number of carbonyl (C=O) groups is 1. The molecule has 0 aliphatic carbocycles. The van der Waals surface area contributed by atoms with Gasteiger partial charge in [-0.25, -0.2) is 0 Å². The van der Waals surface area contributed by atoms with Gasteiger partial charge >= 0.3 is 0 Å². The number of anilines is 1. The van der Waals surface area contributed by atoms with Crippen molar-refractivity contribution >= 4 is 46.6 Å². The summed E-state index contributed by atoms with van der Waals surface area (Å²) in [6.45, 7) is 3.84. The third-order valence-corrected chi connectivity index (χ3v) is 5.76. The standard InChI is InChI=1S/C19H18Cl2N4OS/c1-11-6-4-5-7-14(11)17-23-24-19(25(17)3)27-12(2)18(26)22-16-10-13(20)8-9-15(16)21/h4-10,12H,1-3H3,(H,22,26)/t12-/m0/s1. The molecule has 5 nitrogen and oxygen atoms in total. The molecule has 0 saturated carbocycles. The van der Waals surface area contributed by atoms with Crippen molar-refractivity contribution in [2.75, 3.05) is 5.32 Å². The molecule has 27 heavy (non-hydrogen) atoms. The molecule has 0 bridgehead atoms. The first-order valence-electron chi connectivity index (χ1n) is 8.24. The zero-order chi connectivity index (χ0) is 19.6. The summed E-state index contributed by atoms with van der Waals surface area (Å²) in [5, 5.41) is 12.5. The molecule has 0 fully saturated rings. The number of benzene rings is 2. The molecule has 0 aliphatic rings. The van der Waals surface area contributed by atoms with E-state index in [-0.39, 0.29) is 5.91 Å². The van der Waals surface area contributed by atoms with Crippen LogP contribution in [0.25, 0.3) is 11.4 Å². The maximum atomic E-state index is 12.5. The molecular formula is C19H18Cl2N4OS. The second kappa shape index (κ2) is 8.33. The summed E-state index contributed by atoms with van der Waals surface area (Å²) in [6.07, 6.45) is 0. The Kier molecular flexibility index (Phi) is 6.09. The van der Waals surface area contributed by atoms with Gasteiger partial charge in [-0.3, -0.25) is 4.79 Å². The SMILES string of the molecule is Cc1ccccc1-c1nnc(S[C@@H](C)C(=O)Nc2cc(Cl)ccc2Cl)n1C. The van der Waals surface area contributed by atoms with Crippen LogP contribution in [0.3, 0.4) is 0 Å². The molecule has 140 valence electrons. The molecule has 2 aromatic carbocycles. The Morgan fingerprint density at radius 3 is 2.67 bits per heavy atom. The zero-order valence-electron chi connectivity index (χ0n) is 15.0. The Morgan fingerprint density at radius 1 is 1.19 bits per heavy atom. The quantitative estimate of drug-likeness (QED) is 0.574. The molecule has 3 aromatic rings. The average Bonchev–Trinajstić information content (AvgIpc) is 2.99. The molecule has 1 amide bonds. The fourth-order valence-corrected chi connectivity index (χ4v) is 3.67. The van der Waals surface area contributed by atoms with Crippen molar-refractivity contribution in [2.45, 2.75) is 24.3 Å². The van der Waals surface area contributed by atoms with E-state index in [0.717, 1.165) is 17.0 Å². The number of amides is 1. The van der Waals surface area contributed by atoms with Crippen LogP contribution < -0.4 is 5.32 Å². The van der Waals surface area contributed by atoms with Crippen LogP contribution in [0.2, 0.25) is 10.0 Å². The van der Waals surface area contributed by atoms with Crippen LogP contribution in [0.5, 0.6) is 0 Å². The van der Waals surface area contributed by atoms with E-state index in [1.54, 1.807) is 25.1 Å². The number of nitrogens with one attached hydrogen (secondary N) is 1. The van der Waals surface area contributed by atoms with Gasteiger partial charge in [0.15, 0.2) is 11.0 Å². The maximum Gasteiger partial charge on any atom is 0.237 e. The minimum atomic E-state index is -0.396. The fourth-order valence-electron chi connectivity index (χ4n) is 2.52. The fraction of sp³-hybridized carbons (Fsp3) is 0.211. The van der Waals surface area contributed by atoms with Gasteiger partial charge < -0.3 is 9.88 Å². The number of thioether (sulfide) groups is 1.